The summed E-state index contributed by atoms with van der Waals surface area (Å²) in [5, 5.41) is 10.8. The van der Waals surface area contributed by atoms with E-state index in [-0.39, 0.29) is 44.1 Å². The molecule has 0 aliphatic rings. The first-order valence-corrected chi connectivity index (χ1v) is 8.14. The van der Waals surface area contributed by atoms with E-state index in [4.69, 9.17) is 22.1 Å². The number of non-ortho nitro benzene ring substituents is 1. The van der Waals surface area contributed by atoms with Crippen molar-refractivity contribution >= 4 is 45.6 Å². The number of methoxy groups -OCH3 is 2. The highest BCUT2D eigenvalue weighted by atomic mass is 35.5. The molecule has 0 aliphatic heterocycles. The van der Waals surface area contributed by atoms with Crippen molar-refractivity contribution in [3.8, 4) is 5.75 Å². The third-order valence-electron chi connectivity index (χ3n) is 3.29. The zero-order valence-electron chi connectivity index (χ0n) is 13.6. The summed E-state index contributed by atoms with van der Waals surface area (Å²) in [4.78, 5) is 34.1. The lowest BCUT2D eigenvalue weighted by Gasteiger charge is -2.10. The molecule has 0 fully saturated rings. The van der Waals surface area contributed by atoms with E-state index in [0.29, 0.717) is 0 Å². The van der Waals surface area contributed by atoms with E-state index in [1.54, 1.807) is 0 Å². The van der Waals surface area contributed by atoms with Gasteiger partial charge in [-0.2, -0.15) is 0 Å². The van der Waals surface area contributed by atoms with Crippen LogP contribution in [0.3, 0.4) is 0 Å². The molecule has 9 nitrogen and oxygen atoms in total. The number of rotatable bonds is 6. The summed E-state index contributed by atoms with van der Waals surface area (Å²) in [5.41, 5.74) is 5.79. The Morgan fingerprint density at radius 3 is 2.46 bits per heavy atom. The van der Waals surface area contributed by atoms with Gasteiger partial charge >= 0.3 is 11.9 Å². The lowest BCUT2D eigenvalue weighted by Crippen LogP contribution is -2.11. The zero-order valence-corrected chi connectivity index (χ0v) is 15.2. The van der Waals surface area contributed by atoms with Crippen LogP contribution in [0.4, 0.5) is 10.7 Å². The van der Waals surface area contributed by atoms with Crippen LogP contribution in [0.5, 0.6) is 5.75 Å². The van der Waals surface area contributed by atoms with Gasteiger partial charge in [0, 0.05) is 17.7 Å². The lowest BCUT2D eigenvalue weighted by molar-refractivity contribution is -0.384. The Balaban J connectivity index is 2.38. The van der Waals surface area contributed by atoms with E-state index in [9.17, 15) is 19.7 Å². The van der Waals surface area contributed by atoms with Gasteiger partial charge in [0.1, 0.15) is 27.8 Å². The predicted octanol–water partition coefficient (Wildman–Crippen LogP) is 3.04. The van der Waals surface area contributed by atoms with E-state index in [1.807, 2.05) is 0 Å². The number of nitro groups is 1. The molecule has 0 radical (unpaired) electrons. The molecule has 1 heterocycles. The largest absolute Gasteiger partial charge is 0.487 e. The van der Waals surface area contributed by atoms with Crippen molar-refractivity contribution in [1.29, 1.82) is 0 Å². The molecule has 2 N–H and O–H groups in total. The van der Waals surface area contributed by atoms with Gasteiger partial charge in [0.2, 0.25) is 0 Å². The van der Waals surface area contributed by atoms with Gasteiger partial charge in [-0.15, -0.1) is 11.3 Å². The third kappa shape index (κ3) is 3.86. The van der Waals surface area contributed by atoms with Crippen LogP contribution in [0.1, 0.15) is 25.6 Å². The molecular weight excluding hydrogens is 388 g/mol. The number of benzene rings is 1. The summed E-state index contributed by atoms with van der Waals surface area (Å²) < 4.78 is 14.9. The first-order valence-electron chi connectivity index (χ1n) is 6.94. The fraction of sp³-hybridized carbons (Fsp3) is 0.200. The molecule has 0 saturated heterocycles. The number of nitro benzene ring substituents is 1. The predicted molar refractivity (Wildman–Crippen MR) is 93.8 cm³/mol. The Morgan fingerprint density at radius 1 is 1.27 bits per heavy atom. The maximum Gasteiger partial charge on any atom is 0.348 e. The van der Waals surface area contributed by atoms with Crippen molar-refractivity contribution in [2.75, 3.05) is 20.0 Å². The summed E-state index contributed by atoms with van der Waals surface area (Å²) in [5.74, 6) is -1.29. The summed E-state index contributed by atoms with van der Waals surface area (Å²) in [7, 11) is 2.36. The number of carbonyl (C=O) groups is 2. The van der Waals surface area contributed by atoms with E-state index in [1.165, 1.54) is 26.4 Å². The second kappa shape index (κ2) is 8.02. The molecule has 26 heavy (non-hydrogen) atoms. The smallest absolute Gasteiger partial charge is 0.348 e. The number of ether oxygens (including phenoxy) is 3. The highest BCUT2D eigenvalue weighted by Crippen LogP contribution is 2.35. The molecule has 0 saturated carbocycles. The zero-order chi connectivity index (χ0) is 19.4. The molecule has 2 rings (SSSR count). The molecule has 0 amide bonds. The van der Waals surface area contributed by atoms with E-state index < -0.39 is 16.9 Å². The minimum absolute atomic E-state index is 0.00152. The van der Waals surface area contributed by atoms with Gasteiger partial charge in [-0.1, -0.05) is 11.6 Å². The first kappa shape index (κ1) is 19.5. The van der Waals surface area contributed by atoms with Crippen LogP contribution in [0.15, 0.2) is 18.2 Å². The number of hydrogen-bond acceptors (Lipinski definition) is 9. The molecule has 1 aromatic heterocycles. The van der Waals surface area contributed by atoms with Gasteiger partial charge in [0.05, 0.1) is 24.2 Å². The highest BCUT2D eigenvalue weighted by molar-refractivity contribution is 7.18. The minimum Gasteiger partial charge on any atom is -0.487 e. The van der Waals surface area contributed by atoms with Gasteiger partial charge in [0.25, 0.3) is 5.69 Å². The molecule has 138 valence electrons. The second-order valence-electron chi connectivity index (χ2n) is 4.79. The molecule has 0 unspecified atom stereocenters. The summed E-state index contributed by atoms with van der Waals surface area (Å²) in [6.45, 7) is -0.250. The molecule has 11 heteroatoms. The minimum atomic E-state index is -0.734. The fourth-order valence-electron chi connectivity index (χ4n) is 2.08. The standard InChI is InChI=1S/C15H13ClN2O7S/c1-23-14(19)11-8(12(15(20)24-2)26-13(11)17)6-25-10-4-3-7(18(21)22)5-9(10)16/h3-5H,6,17H2,1-2H3. The number of hydrogen-bond donors (Lipinski definition) is 1. The normalized spacial score (nSPS) is 10.3. The van der Waals surface area contributed by atoms with E-state index >= 15 is 0 Å². The summed E-state index contributed by atoms with van der Waals surface area (Å²) >= 11 is 6.83. The number of nitrogens with two attached hydrogens (primary N) is 1. The maximum atomic E-state index is 12.0. The topological polar surface area (TPSA) is 131 Å². The molecule has 0 aliphatic carbocycles. The van der Waals surface area contributed by atoms with Crippen molar-refractivity contribution in [3.05, 3.63) is 49.3 Å². The monoisotopic (exact) mass is 400 g/mol. The van der Waals surface area contributed by atoms with Crippen LogP contribution in [0, 0.1) is 10.1 Å². The molecule has 1 aromatic carbocycles. The highest BCUT2D eigenvalue weighted by Gasteiger charge is 2.27. The molecular formula is C15H13ClN2O7S. The van der Waals surface area contributed by atoms with Gasteiger partial charge in [-0.05, 0) is 6.07 Å². The third-order valence-corrected chi connectivity index (χ3v) is 4.63. The Labute approximate surface area is 156 Å². The van der Waals surface area contributed by atoms with Crippen molar-refractivity contribution in [1.82, 2.24) is 0 Å². The SMILES string of the molecule is COC(=O)c1sc(N)c(C(=O)OC)c1COc1ccc([N+](=O)[O-])cc1Cl. The Bertz CT molecular complexity index is 881. The van der Waals surface area contributed by atoms with Gasteiger partial charge in [-0.3, -0.25) is 10.1 Å². The molecule has 2 aromatic rings. The number of anilines is 1. The number of halogens is 1. The quantitative estimate of drug-likeness (QED) is 0.444. The van der Waals surface area contributed by atoms with Crippen LogP contribution in [0.25, 0.3) is 0 Å². The average molecular weight is 401 g/mol. The maximum absolute atomic E-state index is 12.0. The number of esters is 2. The van der Waals surface area contributed by atoms with Gasteiger partial charge in [0.15, 0.2) is 0 Å². The second-order valence-corrected chi connectivity index (χ2v) is 6.25. The van der Waals surface area contributed by atoms with Crippen LogP contribution in [-0.4, -0.2) is 31.1 Å². The molecule has 0 bridgehead atoms. The Kier molecular flexibility index (Phi) is 6.01. The van der Waals surface area contributed by atoms with E-state index in [0.717, 1.165) is 17.4 Å². The summed E-state index contributed by atoms with van der Waals surface area (Å²) in [6, 6.07) is 3.65. The van der Waals surface area contributed by atoms with Crippen molar-refractivity contribution < 1.29 is 28.7 Å². The lowest BCUT2D eigenvalue weighted by atomic mass is 10.1. The van der Waals surface area contributed by atoms with Gasteiger partial charge < -0.3 is 19.9 Å². The molecule has 0 atom stereocenters. The summed E-state index contributed by atoms with van der Waals surface area (Å²) in [6.07, 6.45) is 0. The van der Waals surface area contributed by atoms with Crippen molar-refractivity contribution in [3.63, 3.8) is 0 Å². The van der Waals surface area contributed by atoms with Crippen molar-refractivity contribution in [2.24, 2.45) is 0 Å². The van der Waals surface area contributed by atoms with Crippen molar-refractivity contribution in [2.45, 2.75) is 6.61 Å². The van der Waals surface area contributed by atoms with Crippen LogP contribution in [-0.2, 0) is 16.1 Å². The number of carbonyl (C=O) groups excluding carboxylic acids is 2. The number of nitrogens with zero attached hydrogens (tertiary/aromatic N) is 1. The Morgan fingerprint density at radius 2 is 1.92 bits per heavy atom. The molecule has 0 spiro atoms. The van der Waals surface area contributed by atoms with Crippen LogP contribution < -0.4 is 10.5 Å². The first-order chi connectivity index (χ1) is 12.3. The van der Waals surface area contributed by atoms with Crippen LogP contribution >= 0.6 is 22.9 Å². The van der Waals surface area contributed by atoms with Crippen LogP contribution in [0.2, 0.25) is 5.02 Å². The average Bonchev–Trinajstić information content (AvgIpc) is 2.95. The number of nitrogen functional groups attached to an aromatic ring is 1. The Hall–Kier alpha value is -2.85. The van der Waals surface area contributed by atoms with E-state index in [2.05, 4.69) is 9.47 Å². The fourth-order valence-corrected chi connectivity index (χ4v) is 3.28. The number of thiophene rings is 1. The van der Waals surface area contributed by atoms with Gasteiger partial charge in [-0.25, -0.2) is 9.59 Å².